The fraction of sp³-hybridized carbons (Fsp3) is 0.446. The van der Waals surface area contributed by atoms with E-state index in [-0.39, 0.29) is 53.7 Å². The van der Waals surface area contributed by atoms with Gasteiger partial charge in [-0.3, -0.25) is 39.0 Å². The minimum atomic E-state index is -0.205. The Balaban J connectivity index is 0.952. The van der Waals surface area contributed by atoms with E-state index in [1.165, 1.54) is 0 Å². The van der Waals surface area contributed by atoms with E-state index < -0.39 is 0 Å². The van der Waals surface area contributed by atoms with Crippen LogP contribution in [0.3, 0.4) is 0 Å². The number of hydrogen-bond donors (Lipinski definition) is 0. The third-order valence-corrected chi connectivity index (χ3v) is 18.5. The first-order valence-electron chi connectivity index (χ1n) is 28.8. The van der Waals surface area contributed by atoms with Crippen molar-refractivity contribution < 1.29 is 42.9 Å². The largest absolute Gasteiger partial charge is 0.493 e. The third-order valence-electron chi connectivity index (χ3n) is 15.1. The number of carbonyl (C=O) groups is 4. The molecule has 15 nitrogen and oxygen atoms in total. The van der Waals surface area contributed by atoms with Gasteiger partial charge in [0.15, 0.2) is 11.5 Å². The lowest BCUT2D eigenvalue weighted by Crippen LogP contribution is -2.38. The maximum Gasteiger partial charge on any atom is 0.261 e. The summed E-state index contributed by atoms with van der Waals surface area (Å²) in [4.78, 5) is 71.9. The molecule has 0 unspecified atom stereocenters. The van der Waals surface area contributed by atoms with Crippen LogP contribution < -0.4 is 28.9 Å². The predicted molar refractivity (Wildman–Crippen MR) is 331 cm³/mol. The zero-order valence-corrected chi connectivity index (χ0v) is 50.4. The number of anilines is 3. The molecule has 9 rings (SSSR count). The molecule has 0 saturated heterocycles. The molecule has 0 N–H and O–H groups in total. The zero-order valence-electron chi connectivity index (χ0n) is 48.7. The van der Waals surface area contributed by atoms with Crippen LogP contribution in [0.15, 0.2) is 101 Å². The molecule has 0 spiro atoms. The van der Waals surface area contributed by atoms with Gasteiger partial charge in [0.2, 0.25) is 5.91 Å². The first kappa shape index (κ1) is 59.9. The number of ketones is 1. The number of benzene rings is 5. The maximum absolute atomic E-state index is 14.2. The minimum absolute atomic E-state index is 0.0594. The van der Waals surface area contributed by atoms with Gasteiger partial charge in [0, 0.05) is 117 Å². The van der Waals surface area contributed by atoms with Gasteiger partial charge in [-0.1, -0.05) is 78.8 Å². The van der Waals surface area contributed by atoms with Crippen LogP contribution in [0.4, 0.5) is 28.4 Å². The van der Waals surface area contributed by atoms with E-state index in [1.807, 2.05) is 103 Å². The van der Waals surface area contributed by atoms with Gasteiger partial charge in [-0.25, -0.2) is 0 Å². The number of para-hydroxylation sites is 2. The van der Waals surface area contributed by atoms with E-state index in [0.717, 1.165) is 63.5 Å². The molecule has 0 aliphatic carbocycles. The van der Waals surface area contributed by atoms with Gasteiger partial charge >= 0.3 is 0 Å². The highest BCUT2D eigenvalue weighted by Crippen LogP contribution is 2.43. The van der Waals surface area contributed by atoms with Gasteiger partial charge in [0.05, 0.1) is 61.5 Å². The second-order valence-corrected chi connectivity index (χ2v) is 25.5. The van der Waals surface area contributed by atoms with Crippen molar-refractivity contribution in [1.29, 1.82) is 0 Å². The van der Waals surface area contributed by atoms with Crippen LogP contribution in [0.25, 0.3) is 0 Å². The van der Waals surface area contributed by atoms with Crippen LogP contribution in [0, 0.1) is 12.8 Å². The molecule has 17 heteroatoms. The molecule has 0 saturated carbocycles. The van der Waals surface area contributed by atoms with Crippen LogP contribution in [0.5, 0.6) is 17.2 Å². The molecule has 4 aliphatic rings. The summed E-state index contributed by atoms with van der Waals surface area (Å²) in [5.41, 5.74) is 9.47. The number of amides is 3. The Bertz CT molecular complexity index is 3180. The summed E-state index contributed by atoms with van der Waals surface area (Å²) in [7, 11) is 6.97. The average Bonchev–Trinajstić information content (AvgIpc) is 4.19. The number of aryl methyl sites for hydroxylation is 1. The van der Waals surface area contributed by atoms with E-state index in [1.54, 1.807) is 40.8 Å². The Morgan fingerprint density at radius 3 is 1.91 bits per heavy atom. The molecule has 4 heterocycles. The topological polar surface area (TPSA) is 152 Å². The van der Waals surface area contributed by atoms with Crippen LogP contribution in [-0.2, 0) is 45.1 Å². The van der Waals surface area contributed by atoms with Gasteiger partial charge in [-0.2, -0.15) is 0 Å². The maximum atomic E-state index is 14.2. The van der Waals surface area contributed by atoms with Crippen molar-refractivity contribution >= 4 is 86.0 Å². The quantitative estimate of drug-likeness (QED) is 0.0331. The van der Waals surface area contributed by atoms with E-state index in [0.29, 0.717) is 124 Å². The molecule has 5 aromatic rings. The number of ether oxygens (including phenoxy) is 5. The van der Waals surface area contributed by atoms with Crippen LogP contribution >= 0.6 is 21.6 Å². The summed E-state index contributed by atoms with van der Waals surface area (Å²) in [5.74, 6) is 2.53. The van der Waals surface area contributed by atoms with Crippen LogP contribution in [0.1, 0.15) is 115 Å². The highest BCUT2D eigenvalue weighted by molar-refractivity contribution is 8.77. The molecule has 0 bridgehead atoms. The van der Waals surface area contributed by atoms with Crippen molar-refractivity contribution in [2.75, 3.05) is 80.7 Å². The van der Waals surface area contributed by atoms with Crippen molar-refractivity contribution in [2.45, 2.75) is 117 Å². The highest BCUT2D eigenvalue weighted by Gasteiger charge is 2.38. The van der Waals surface area contributed by atoms with Gasteiger partial charge < -0.3 is 33.5 Å². The Hall–Kier alpha value is -6.66. The summed E-state index contributed by atoms with van der Waals surface area (Å²) in [5, 5.41) is 0. The highest BCUT2D eigenvalue weighted by atomic mass is 33.1. The van der Waals surface area contributed by atoms with Crippen LogP contribution in [0.2, 0.25) is 0 Å². The Labute approximate surface area is 491 Å². The van der Waals surface area contributed by atoms with E-state index in [4.69, 9.17) is 33.7 Å². The SMILES string of the molecule is CCCOCCOCCN(CCCC(=O)N(C)CC(C)(C)SSCCCC(=O)C(C)C)c1cc(COc2cc3c(cc2C)C(=O)N2c4ccccc4C[C@H]2C=N3)cc(COc2cc3c(cc2OC)C(=O)N2c4ccccc4C[C@H]2C=N3)c1. The molecular weight excluding hydrogens is 1070 g/mol. The fourth-order valence-electron chi connectivity index (χ4n) is 10.9. The summed E-state index contributed by atoms with van der Waals surface area (Å²) in [6.45, 7) is 16.3. The summed E-state index contributed by atoms with van der Waals surface area (Å²) >= 11 is 0. The van der Waals surface area contributed by atoms with E-state index in [2.05, 4.69) is 56.0 Å². The third kappa shape index (κ3) is 14.6. The van der Waals surface area contributed by atoms with E-state index >= 15 is 0 Å². The number of carbonyl (C=O) groups excluding carboxylic acids is 4. The Kier molecular flexibility index (Phi) is 20.2. The molecule has 2 atom stereocenters. The first-order valence-corrected chi connectivity index (χ1v) is 31.1. The molecule has 0 aromatic heterocycles. The minimum Gasteiger partial charge on any atom is -0.493 e. The average molecular weight is 1150 g/mol. The van der Waals surface area contributed by atoms with Crippen LogP contribution in [-0.4, -0.2) is 124 Å². The number of rotatable bonds is 29. The number of Topliss-reactive ketones (excluding diaryl/α,β-unsaturated/α-hetero) is 1. The monoisotopic (exact) mass is 1150 g/mol. The molecule has 4 aliphatic heterocycles. The zero-order chi connectivity index (χ0) is 57.9. The molecule has 82 heavy (non-hydrogen) atoms. The normalized spacial score (nSPS) is 15.8. The lowest BCUT2D eigenvalue weighted by atomic mass is 10.1. The molecule has 3 amide bonds. The first-order chi connectivity index (χ1) is 39.6. The standard InChI is InChI=1S/C65H78N6O9S2/c1-9-24-77-26-27-78-25-23-69(22-14-21-62(73)68(7)42-65(5,6)82-81-28-15-20-58(72)43(2)3)49-31-45(40-79-59-36-54-52(29-44(59)4)63(74)70-50(38-66-54)33-47-16-10-12-18-56(47)70)30-46(32-49)41-80-61-37-55-53(35-60(61)76-8)64(75)71-51(39-67-55)34-48-17-11-13-19-57(48)71/h10-13,16-19,29-32,35-39,43,50-51H,9,14-15,20-28,33-34,40-42H2,1-8H3/t50-,51-/m0/s1. The summed E-state index contributed by atoms with van der Waals surface area (Å²) in [6.07, 6.45) is 8.42. The predicted octanol–water partition coefficient (Wildman–Crippen LogP) is 12.4. The van der Waals surface area contributed by atoms with Crippen molar-refractivity contribution in [3.05, 3.63) is 130 Å². The summed E-state index contributed by atoms with van der Waals surface area (Å²) < 4.78 is 30.9. The molecule has 0 radical (unpaired) electrons. The number of nitrogens with zero attached hydrogens (tertiary/aromatic N) is 6. The summed E-state index contributed by atoms with van der Waals surface area (Å²) in [6, 6.07) is 29.1. The second-order valence-electron chi connectivity index (χ2n) is 22.4. The van der Waals surface area contributed by atoms with Crippen molar-refractivity contribution in [1.82, 2.24) is 4.90 Å². The Morgan fingerprint density at radius 2 is 1.30 bits per heavy atom. The van der Waals surface area contributed by atoms with Gasteiger partial charge in [-0.15, -0.1) is 0 Å². The van der Waals surface area contributed by atoms with Gasteiger partial charge in [-0.05, 0) is 110 Å². The number of fused-ring (bicyclic) bond motifs is 8. The van der Waals surface area contributed by atoms with E-state index in [9.17, 15) is 19.2 Å². The lowest BCUT2D eigenvalue weighted by Gasteiger charge is -2.30. The fourth-order valence-corrected chi connectivity index (χ4v) is 13.5. The molecule has 0 fully saturated rings. The molecular formula is C65H78N6O9S2. The number of methoxy groups -OCH3 is 1. The van der Waals surface area contributed by atoms with Gasteiger partial charge in [0.1, 0.15) is 24.7 Å². The Morgan fingerprint density at radius 1 is 0.720 bits per heavy atom. The van der Waals surface area contributed by atoms with Crippen molar-refractivity contribution in [3.63, 3.8) is 0 Å². The number of hydrogen-bond acceptors (Lipinski definition) is 14. The molecule has 5 aromatic carbocycles. The molecule has 434 valence electrons. The lowest BCUT2D eigenvalue weighted by molar-refractivity contribution is -0.130. The van der Waals surface area contributed by atoms with Gasteiger partial charge in [0.25, 0.3) is 11.8 Å². The van der Waals surface area contributed by atoms with Crippen molar-refractivity contribution in [2.24, 2.45) is 15.9 Å². The number of aliphatic imine (C=N–C) groups is 2. The van der Waals surface area contributed by atoms with Crippen molar-refractivity contribution in [3.8, 4) is 17.2 Å². The smallest absolute Gasteiger partial charge is 0.261 e. The second kappa shape index (κ2) is 27.6.